The van der Waals surface area contributed by atoms with Gasteiger partial charge in [-0.2, -0.15) is 4.39 Å². The van der Waals surface area contributed by atoms with Crippen LogP contribution in [0.25, 0.3) is 0 Å². The van der Waals surface area contributed by atoms with E-state index < -0.39 is 33.7 Å². The van der Waals surface area contributed by atoms with Gasteiger partial charge in [0.2, 0.25) is 5.82 Å². The molecular weight excluding hydrogens is 284 g/mol. The van der Waals surface area contributed by atoms with E-state index >= 15 is 0 Å². The average Bonchev–Trinajstić information content (AvgIpc) is 2.41. The van der Waals surface area contributed by atoms with Gasteiger partial charge in [-0.25, -0.2) is 4.39 Å². The minimum absolute atomic E-state index is 0.285. The molecule has 0 aromatic heterocycles. The molecule has 2 unspecified atom stereocenters. The summed E-state index contributed by atoms with van der Waals surface area (Å²) < 4.78 is 27.6. The fourth-order valence-corrected chi connectivity index (χ4v) is 2.47. The van der Waals surface area contributed by atoms with Crippen LogP contribution in [0.4, 0.5) is 14.5 Å². The second-order valence-corrected chi connectivity index (χ2v) is 5.04. The van der Waals surface area contributed by atoms with Crippen molar-refractivity contribution in [2.75, 3.05) is 0 Å². The molecule has 1 aliphatic carbocycles. The van der Waals surface area contributed by atoms with Crippen LogP contribution >= 0.6 is 0 Å². The summed E-state index contributed by atoms with van der Waals surface area (Å²) in [6.07, 6.45) is 3.13. The lowest BCUT2D eigenvalue weighted by molar-refractivity contribution is -0.387. The number of nitrogens with two attached hydrogens (primary N) is 1. The third-order valence-electron chi connectivity index (χ3n) is 3.63. The molecule has 0 saturated heterocycles. The number of hydrogen-bond acceptors (Lipinski definition) is 4. The summed E-state index contributed by atoms with van der Waals surface area (Å²) >= 11 is 0. The molecule has 1 aromatic rings. The topological polar surface area (TPSA) is 98.3 Å². The number of nitrogens with zero attached hydrogens (tertiary/aromatic N) is 1. The summed E-state index contributed by atoms with van der Waals surface area (Å²) in [7, 11) is 0. The number of amides is 1. The van der Waals surface area contributed by atoms with Crippen molar-refractivity contribution in [3.8, 4) is 0 Å². The van der Waals surface area contributed by atoms with Crippen molar-refractivity contribution in [1.29, 1.82) is 0 Å². The fourth-order valence-electron chi connectivity index (χ4n) is 2.47. The van der Waals surface area contributed by atoms with Gasteiger partial charge in [-0.15, -0.1) is 0 Å². The molecule has 2 rings (SSSR count). The second-order valence-electron chi connectivity index (χ2n) is 5.04. The number of nitro groups is 1. The highest BCUT2D eigenvalue weighted by Gasteiger charge is 2.29. The van der Waals surface area contributed by atoms with Crippen molar-refractivity contribution < 1.29 is 18.5 Å². The van der Waals surface area contributed by atoms with Gasteiger partial charge < -0.3 is 11.1 Å². The van der Waals surface area contributed by atoms with Crippen molar-refractivity contribution in [2.45, 2.75) is 37.8 Å². The standard InChI is InChI=1S/C13H15F2N3O3/c14-7-5-6-10(18(20)21)12(15)11(7)13(19)17-9-4-2-1-3-8(9)16/h5-6,8-9H,1-4,16H2,(H,17,19). The molecule has 2 atom stereocenters. The largest absolute Gasteiger partial charge is 0.348 e. The Hall–Kier alpha value is -2.09. The van der Waals surface area contributed by atoms with Gasteiger partial charge >= 0.3 is 5.69 Å². The summed E-state index contributed by atoms with van der Waals surface area (Å²) in [5, 5.41) is 13.1. The monoisotopic (exact) mass is 299 g/mol. The third kappa shape index (κ3) is 3.15. The predicted molar refractivity (Wildman–Crippen MR) is 70.7 cm³/mol. The van der Waals surface area contributed by atoms with Gasteiger partial charge in [0.1, 0.15) is 11.4 Å². The van der Waals surface area contributed by atoms with Crippen LogP contribution < -0.4 is 11.1 Å². The van der Waals surface area contributed by atoms with Crippen LogP contribution in [0.1, 0.15) is 36.0 Å². The molecule has 3 N–H and O–H groups in total. The van der Waals surface area contributed by atoms with Crippen LogP contribution in [-0.2, 0) is 0 Å². The maximum absolute atomic E-state index is 13.9. The van der Waals surface area contributed by atoms with Crippen LogP contribution in [0.2, 0.25) is 0 Å². The van der Waals surface area contributed by atoms with E-state index in [0.29, 0.717) is 25.0 Å². The first kappa shape index (κ1) is 15.3. The first-order valence-electron chi connectivity index (χ1n) is 6.60. The van der Waals surface area contributed by atoms with Crippen LogP contribution in [0.5, 0.6) is 0 Å². The van der Waals surface area contributed by atoms with Crippen LogP contribution in [0, 0.1) is 21.7 Å². The highest BCUT2D eigenvalue weighted by molar-refractivity contribution is 5.95. The van der Waals surface area contributed by atoms with Gasteiger partial charge in [0.25, 0.3) is 5.91 Å². The minimum atomic E-state index is -1.47. The molecule has 0 heterocycles. The molecule has 6 nitrogen and oxygen atoms in total. The second kappa shape index (κ2) is 6.13. The maximum Gasteiger partial charge on any atom is 0.305 e. The SMILES string of the molecule is NC1CCCCC1NC(=O)c1c(F)ccc([N+](=O)[O-])c1F. The number of halogens is 2. The predicted octanol–water partition coefficient (Wildman–Crippen LogP) is 1.87. The van der Waals surface area contributed by atoms with E-state index in [2.05, 4.69) is 5.32 Å². The Morgan fingerprint density at radius 2 is 2.00 bits per heavy atom. The van der Waals surface area contributed by atoms with Gasteiger partial charge in [-0.05, 0) is 18.9 Å². The molecular formula is C13H15F2N3O3. The lowest BCUT2D eigenvalue weighted by Crippen LogP contribution is -2.49. The van der Waals surface area contributed by atoms with Crippen LogP contribution in [0.15, 0.2) is 12.1 Å². The summed E-state index contributed by atoms with van der Waals surface area (Å²) in [5.41, 5.74) is 3.97. The molecule has 0 radical (unpaired) electrons. The van der Waals surface area contributed by atoms with Crippen molar-refractivity contribution in [3.63, 3.8) is 0 Å². The highest BCUT2D eigenvalue weighted by Crippen LogP contribution is 2.24. The van der Waals surface area contributed by atoms with Gasteiger partial charge in [0.15, 0.2) is 0 Å². The molecule has 0 spiro atoms. The van der Waals surface area contributed by atoms with E-state index in [1.54, 1.807) is 0 Å². The minimum Gasteiger partial charge on any atom is -0.348 e. The number of hydrogen-bond donors (Lipinski definition) is 2. The van der Waals surface area contributed by atoms with Gasteiger partial charge in [0.05, 0.1) is 4.92 Å². The third-order valence-corrected chi connectivity index (χ3v) is 3.63. The molecule has 1 aliphatic rings. The number of carbonyl (C=O) groups excluding carboxylic acids is 1. The Morgan fingerprint density at radius 3 is 2.62 bits per heavy atom. The molecule has 1 saturated carbocycles. The molecule has 1 fully saturated rings. The van der Waals surface area contributed by atoms with E-state index in [1.165, 1.54) is 0 Å². The highest BCUT2D eigenvalue weighted by atomic mass is 19.1. The van der Waals surface area contributed by atoms with Gasteiger partial charge in [-0.1, -0.05) is 12.8 Å². The Morgan fingerprint density at radius 1 is 1.33 bits per heavy atom. The number of nitrogens with one attached hydrogen (secondary N) is 1. The molecule has 21 heavy (non-hydrogen) atoms. The summed E-state index contributed by atoms with van der Waals surface area (Å²) in [5.74, 6) is -3.63. The van der Waals surface area contributed by atoms with Crippen molar-refractivity contribution in [2.24, 2.45) is 5.73 Å². The normalized spacial score (nSPS) is 21.9. The lowest BCUT2D eigenvalue weighted by atomic mass is 9.91. The average molecular weight is 299 g/mol. The maximum atomic E-state index is 13.9. The van der Waals surface area contributed by atoms with E-state index in [1.807, 2.05) is 0 Å². The van der Waals surface area contributed by atoms with Crippen molar-refractivity contribution in [3.05, 3.63) is 39.4 Å². The summed E-state index contributed by atoms with van der Waals surface area (Å²) in [6, 6.07) is 0.724. The lowest BCUT2D eigenvalue weighted by Gasteiger charge is -2.29. The first-order valence-corrected chi connectivity index (χ1v) is 6.60. The number of carbonyl (C=O) groups is 1. The van der Waals surface area contributed by atoms with Crippen LogP contribution in [-0.4, -0.2) is 22.9 Å². The number of nitro benzene ring substituents is 1. The Kier molecular flexibility index (Phi) is 4.46. The van der Waals surface area contributed by atoms with Gasteiger partial charge in [-0.3, -0.25) is 14.9 Å². The first-order chi connectivity index (χ1) is 9.91. The molecule has 0 aliphatic heterocycles. The molecule has 114 valence electrons. The van der Waals surface area contributed by atoms with Crippen molar-refractivity contribution in [1.82, 2.24) is 5.32 Å². The fraction of sp³-hybridized carbons (Fsp3) is 0.462. The summed E-state index contributed by atoms with van der Waals surface area (Å²) in [4.78, 5) is 21.6. The summed E-state index contributed by atoms with van der Waals surface area (Å²) in [6.45, 7) is 0. The molecule has 1 amide bonds. The van der Waals surface area contributed by atoms with E-state index in [4.69, 9.17) is 5.73 Å². The molecule has 1 aromatic carbocycles. The zero-order valence-corrected chi connectivity index (χ0v) is 11.1. The number of benzene rings is 1. The molecule has 0 bridgehead atoms. The van der Waals surface area contributed by atoms with E-state index in [0.717, 1.165) is 12.8 Å². The smallest absolute Gasteiger partial charge is 0.305 e. The Bertz CT molecular complexity index is 580. The quantitative estimate of drug-likeness (QED) is 0.657. The zero-order valence-electron chi connectivity index (χ0n) is 11.1. The molecule has 8 heteroatoms. The van der Waals surface area contributed by atoms with E-state index in [9.17, 15) is 23.7 Å². The Balaban J connectivity index is 2.26. The van der Waals surface area contributed by atoms with Crippen molar-refractivity contribution >= 4 is 11.6 Å². The van der Waals surface area contributed by atoms with E-state index in [-0.39, 0.29) is 12.1 Å². The van der Waals surface area contributed by atoms with Gasteiger partial charge in [0, 0.05) is 18.2 Å². The van der Waals surface area contributed by atoms with Crippen LogP contribution in [0.3, 0.4) is 0 Å². The number of rotatable bonds is 3. The Labute approximate surface area is 119 Å². The zero-order chi connectivity index (χ0) is 15.6.